The van der Waals surface area contributed by atoms with Gasteiger partial charge in [0, 0.05) is 19.3 Å². The first-order valence-corrected chi connectivity index (χ1v) is 12.6. The van der Waals surface area contributed by atoms with Crippen molar-refractivity contribution in [2.75, 3.05) is 13.2 Å². The average molecular weight is 484 g/mol. The lowest BCUT2D eigenvalue weighted by Gasteiger charge is -2.14. The number of nitrogens with zero attached hydrogens (tertiary/aromatic N) is 1. The zero-order valence-corrected chi connectivity index (χ0v) is 20.5. The van der Waals surface area contributed by atoms with Gasteiger partial charge in [-0.2, -0.15) is 0 Å². The molecule has 0 aromatic carbocycles. The van der Waals surface area contributed by atoms with Crippen LogP contribution < -0.4 is 0 Å². The van der Waals surface area contributed by atoms with Gasteiger partial charge in [-0.1, -0.05) is 69.1 Å². The second-order valence-corrected chi connectivity index (χ2v) is 8.55. The van der Waals surface area contributed by atoms with Crippen molar-refractivity contribution in [1.29, 1.82) is 0 Å². The topological polar surface area (TPSA) is 119 Å². The van der Waals surface area contributed by atoms with E-state index in [0.29, 0.717) is 5.06 Å². The lowest BCUT2D eigenvalue weighted by Crippen LogP contribution is -2.33. The van der Waals surface area contributed by atoms with Crippen LogP contribution in [0.1, 0.15) is 103 Å². The Morgan fingerprint density at radius 3 is 2.00 bits per heavy atom. The lowest BCUT2D eigenvalue weighted by molar-refractivity contribution is -0.178. The number of imide groups is 1. The number of hydroxylamine groups is 2. The number of esters is 1. The Balaban J connectivity index is 1.93. The van der Waals surface area contributed by atoms with Crippen molar-refractivity contribution < 1.29 is 38.6 Å². The van der Waals surface area contributed by atoms with Gasteiger partial charge in [-0.15, -0.1) is 0 Å². The maximum Gasteiger partial charge on any atom is 0.534 e. The maximum absolute atomic E-state index is 11.7. The number of hydrogen-bond acceptors (Lipinski definition) is 8. The fourth-order valence-corrected chi connectivity index (χ4v) is 3.40. The molecule has 0 aliphatic carbocycles. The summed E-state index contributed by atoms with van der Waals surface area (Å²) in [6, 6.07) is 0. The van der Waals surface area contributed by atoms with Crippen molar-refractivity contribution in [3.05, 3.63) is 12.2 Å². The SMILES string of the molecule is CCCCCCCC/C=C\CCCCCCC(=O)OCC(O)COC(=O)ON1C(=O)CCC1=O. The molecule has 1 N–H and O–H groups in total. The van der Waals surface area contributed by atoms with E-state index in [1.807, 2.05) is 0 Å². The molecule has 1 aliphatic rings. The number of allylic oxidation sites excluding steroid dienone is 2. The van der Waals surface area contributed by atoms with Gasteiger partial charge in [0.1, 0.15) is 19.3 Å². The first-order chi connectivity index (χ1) is 16.4. The highest BCUT2D eigenvalue weighted by molar-refractivity contribution is 6.01. The molecule has 1 aliphatic heterocycles. The van der Waals surface area contributed by atoms with E-state index in [9.17, 15) is 24.3 Å². The summed E-state index contributed by atoms with van der Waals surface area (Å²) in [6.45, 7) is 1.42. The second-order valence-electron chi connectivity index (χ2n) is 8.55. The fourth-order valence-electron chi connectivity index (χ4n) is 3.40. The molecule has 1 rings (SSSR count). The predicted octanol–water partition coefficient (Wildman–Crippen LogP) is 4.76. The van der Waals surface area contributed by atoms with Crippen LogP contribution in [0, 0.1) is 0 Å². The minimum absolute atomic E-state index is 0.0267. The standard InChI is InChI=1S/C25H41NO8/c1-2-3-4-5-6-7-8-9-10-11-12-13-14-15-16-24(30)32-19-21(27)20-33-25(31)34-26-22(28)17-18-23(26)29/h9-10,21,27H,2-8,11-20H2,1H3/b10-9-. The van der Waals surface area contributed by atoms with Crippen molar-refractivity contribution in [2.24, 2.45) is 0 Å². The number of aliphatic hydroxyl groups is 1. The molecule has 34 heavy (non-hydrogen) atoms. The molecule has 0 aromatic rings. The van der Waals surface area contributed by atoms with Gasteiger partial charge < -0.3 is 14.6 Å². The quantitative estimate of drug-likeness (QED) is 0.121. The Bertz CT molecular complexity index is 633. The Labute approximate surface area is 202 Å². The highest BCUT2D eigenvalue weighted by Crippen LogP contribution is 2.13. The number of aliphatic hydroxyl groups excluding tert-OH is 1. The molecule has 0 radical (unpaired) electrons. The highest BCUT2D eigenvalue weighted by Gasteiger charge is 2.33. The van der Waals surface area contributed by atoms with E-state index < -0.39 is 36.6 Å². The van der Waals surface area contributed by atoms with E-state index in [0.717, 1.165) is 38.5 Å². The highest BCUT2D eigenvalue weighted by atomic mass is 16.8. The summed E-state index contributed by atoms with van der Waals surface area (Å²) in [5.74, 6) is -1.68. The summed E-state index contributed by atoms with van der Waals surface area (Å²) >= 11 is 0. The van der Waals surface area contributed by atoms with E-state index in [-0.39, 0.29) is 25.9 Å². The van der Waals surface area contributed by atoms with Gasteiger partial charge in [-0.25, -0.2) is 4.79 Å². The predicted molar refractivity (Wildman–Crippen MR) is 125 cm³/mol. The van der Waals surface area contributed by atoms with Gasteiger partial charge >= 0.3 is 12.1 Å². The molecule has 9 nitrogen and oxygen atoms in total. The van der Waals surface area contributed by atoms with E-state index >= 15 is 0 Å². The first-order valence-electron chi connectivity index (χ1n) is 12.6. The number of rotatable bonds is 19. The number of hydrogen-bond donors (Lipinski definition) is 1. The summed E-state index contributed by atoms with van der Waals surface area (Å²) in [7, 11) is 0. The summed E-state index contributed by atoms with van der Waals surface area (Å²) in [5.41, 5.74) is 0. The number of unbranched alkanes of at least 4 members (excludes halogenated alkanes) is 10. The Kier molecular flexibility index (Phi) is 16.5. The molecule has 1 unspecified atom stereocenters. The Morgan fingerprint density at radius 2 is 1.38 bits per heavy atom. The third kappa shape index (κ3) is 14.7. The molecule has 9 heteroatoms. The maximum atomic E-state index is 11.7. The molecule has 0 aromatic heterocycles. The molecule has 1 heterocycles. The monoisotopic (exact) mass is 483 g/mol. The van der Waals surface area contributed by atoms with Gasteiger partial charge in [-0.05, 0) is 32.1 Å². The minimum Gasteiger partial charge on any atom is -0.463 e. The molecule has 0 bridgehead atoms. The molecular weight excluding hydrogens is 442 g/mol. The van der Waals surface area contributed by atoms with E-state index in [4.69, 9.17) is 4.74 Å². The molecule has 1 saturated heterocycles. The van der Waals surface area contributed by atoms with Crippen LogP contribution in [0.25, 0.3) is 0 Å². The summed E-state index contributed by atoms with van der Waals surface area (Å²) in [4.78, 5) is 50.4. The fraction of sp³-hybridized carbons (Fsp3) is 0.760. The molecule has 0 spiro atoms. The van der Waals surface area contributed by atoms with Gasteiger partial charge in [-0.3, -0.25) is 19.2 Å². The Hall–Kier alpha value is -2.42. The van der Waals surface area contributed by atoms with E-state index in [1.165, 1.54) is 38.5 Å². The lowest BCUT2D eigenvalue weighted by atomic mass is 10.1. The van der Waals surface area contributed by atoms with E-state index in [2.05, 4.69) is 28.7 Å². The van der Waals surface area contributed by atoms with Crippen LogP contribution in [0.3, 0.4) is 0 Å². The normalized spacial score (nSPS) is 14.6. The van der Waals surface area contributed by atoms with Crippen LogP contribution in [0.2, 0.25) is 0 Å². The van der Waals surface area contributed by atoms with Gasteiger partial charge in [0.15, 0.2) is 0 Å². The van der Waals surface area contributed by atoms with Crippen molar-refractivity contribution in [1.82, 2.24) is 5.06 Å². The van der Waals surface area contributed by atoms with Crippen molar-refractivity contribution in [3.63, 3.8) is 0 Å². The second kappa shape index (κ2) is 18.9. The summed E-state index contributed by atoms with van der Waals surface area (Å²) in [6.07, 6.45) is 16.2. The van der Waals surface area contributed by atoms with Crippen LogP contribution >= 0.6 is 0 Å². The van der Waals surface area contributed by atoms with Crippen molar-refractivity contribution >= 4 is 23.9 Å². The average Bonchev–Trinajstić information content (AvgIpc) is 3.13. The number of carbonyl (C=O) groups excluding carboxylic acids is 4. The minimum atomic E-state index is -1.29. The van der Waals surface area contributed by atoms with Gasteiger partial charge in [0.25, 0.3) is 11.8 Å². The molecule has 0 saturated carbocycles. The molecule has 1 fully saturated rings. The van der Waals surface area contributed by atoms with Crippen LogP contribution in [-0.4, -0.2) is 53.4 Å². The number of carbonyl (C=O) groups is 4. The molecular formula is C25H41NO8. The smallest absolute Gasteiger partial charge is 0.463 e. The molecule has 2 amide bonds. The van der Waals surface area contributed by atoms with E-state index in [1.54, 1.807) is 0 Å². The zero-order valence-electron chi connectivity index (χ0n) is 20.5. The molecule has 194 valence electrons. The summed E-state index contributed by atoms with van der Waals surface area (Å²) < 4.78 is 9.59. The largest absolute Gasteiger partial charge is 0.534 e. The van der Waals surface area contributed by atoms with Crippen molar-refractivity contribution in [3.8, 4) is 0 Å². The third-order valence-corrected chi connectivity index (χ3v) is 5.39. The van der Waals surface area contributed by atoms with Crippen LogP contribution in [-0.2, 0) is 28.7 Å². The van der Waals surface area contributed by atoms with Crippen LogP contribution in [0.5, 0.6) is 0 Å². The Morgan fingerprint density at radius 1 is 0.853 bits per heavy atom. The number of ether oxygens (including phenoxy) is 2. The molecule has 1 atom stereocenters. The zero-order chi connectivity index (χ0) is 25.0. The van der Waals surface area contributed by atoms with Gasteiger partial charge in [0.05, 0.1) is 0 Å². The third-order valence-electron chi connectivity index (χ3n) is 5.39. The first kappa shape index (κ1) is 29.6. The summed E-state index contributed by atoms with van der Waals surface area (Å²) in [5, 5.41) is 10.1. The number of amides is 2. The van der Waals surface area contributed by atoms with Gasteiger partial charge in [0.2, 0.25) is 0 Å². The van der Waals surface area contributed by atoms with Crippen LogP contribution in [0.4, 0.5) is 4.79 Å². The van der Waals surface area contributed by atoms with Crippen LogP contribution in [0.15, 0.2) is 12.2 Å². The van der Waals surface area contributed by atoms with Crippen molar-refractivity contribution in [2.45, 2.75) is 109 Å².